The fourth-order valence-electron chi connectivity index (χ4n) is 1.64. The molecule has 0 saturated heterocycles. The highest BCUT2D eigenvalue weighted by Gasteiger charge is 2.07. The van der Waals surface area contributed by atoms with E-state index in [4.69, 9.17) is 15.7 Å². The zero-order valence-electron chi connectivity index (χ0n) is 10.0. The van der Waals surface area contributed by atoms with Gasteiger partial charge in [0.1, 0.15) is 5.75 Å². The van der Waals surface area contributed by atoms with E-state index in [1.54, 1.807) is 0 Å². The van der Waals surface area contributed by atoms with Gasteiger partial charge in [-0.3, -0.25) is 0 Å². The molecule has 0 radical (unpaired) electrons. The Hall–Kier alpha value is -1.05. The van der Waals surface area contributed by atoms with E-state index in [0.717, 1.165) is 34.2 Å². The van der Waals surface area contributed by atoms with Crippen molar-refractivity contribution in [1.82, 2.24) is 0 Å². The predicted molar refractivity (Wildman–Crippen MR) is 71.7 cm³/mol. The Morgan fingerprint density at radius 1 is 1.41 bits per heavy atom. The average molecular weight is 297 g/mol. The molecule has 0 atom stereocenters. The number of hydrogen-bond donors (Lipinski definition) is 1. The second-order valence-corrected chi connectivity index (χ2v) is 4.79. The van der Waals surface area contributed by atoms with Gasteiger partial charge in [0.2, 0.25) is 0 Å². The highest BCUT2D eigenvalue weighted by Crippen LogP contribution is 2.27. The molecule has 0 aliphatic rings. The molecule has 1 rings (SSSR count). The summed E-state index contributed by atoms with van der Waals surface area (Å²) in [6.07, 6.45) is 2.36. The minimum absolute atomic E-state index is 0.466. The van der Waals surface area contributed by atoms with Crippen LogP contribution in [0.1, 0.15) is 30.4 Å². The Morgan fingerprint density at radius 2 is 2.18 bits per heavy atom. The molecular weight excluding hydrogens is 280 g/mol. The third kappa shape index (κ3) is 4.37. The zero-order chi connectivity index (χ0) is 12.7. The first-order valence-corrected chi connectivity index (χ1v) is 6.47. The number of ether oxygens (including phenoxy) is 1. The Balaban J connectivity index is 2.61. The summed E-state index contributed by atoms with van der Waals surface area (Å²) >= 11 is 3.44. The first-order chi connectivity index (χ1) is 8.19. The molecule has 0 saturated carbocycles. The Labute approximate surface area is 111 Å². The lowest BCUT2D eigenvalue weighted by Crippen LogP contribution is -2.05. The molecule has 0 unspecified atom stereocenters. The molecule has 0 aromatic heterocycles. The molecule has 0 aliphatic carbocycles. The summed E-state index contributed by atoms with van der Waals surface area (Å²) in [6.45, 7) is 3.11. The van der Waals surface area contributed by atoms with Gasteiger partial charge >= 0.3 is 0 Å². The van der Waals surface area contributed by atoms with Crippen molar-refractivity contribution in [3.05, 3.63) is 27.7 Å². The Kier molecular flexibility index (Phi) is 6.03. The van der Waals surface area contributed by atoms with Gasteiger partial charge in [0, 0.05) is 23.0 Å². The molecule has 0 fully saturated rings. The van der Waals surface area contributed by atoms with Crippen LogP contribution >= 0.6 is 15.9 Å². The van der Waals surface area contributed by atoms with Crippen molar-refractivity contribution in [2.75, 3.05) is 6.61 Å². The van der Waals surface area contributed by atoms with Crippen LogP contribution in [-0.4, -0.2) is 6.61 Å². The molecule has 1 aromatic carbocycles. The molecule has 17 heavy (non-hydrogen) atoms. The number of nitrogens with zero attached hydrogens (tertiary/aromatic N) is 1. The number of unbranched alkanes of at least 4 members (excludes halogenated alkanes) is 2. The van der Waals surface area contributed by atoms with E-state index in [1.807, 2.05) is 19.1 Å². The topological polar surface area (TPSA) is 59.0 Å². The molecule has 4 heteroatoms. The van der Waals surface area contributed by atoms with Crippen molar-refractivity contribution in [2.45, 2.75) is 32.7 Å². The number of benzene rings is 1. The third-order valence-electron chi connectivity index (χ3n) is 2.47. The molecule has 0 bridgehead atoms. The van der Waals surface area contributed by atoms with E-state index in [2.05, 4.69) is 22.0 Å². The van der Waals surface area contributed by atoms with E-state index in [9.17, 15) is 0 Å². The minimum atomic E-state index is 0.466. The van der Waals surface area contributed by atoms with E-state index in [1.165, 1.54) is 0 Å². The van der Waals surface area contributed by atoms with Crippen LogP contribution < -0.4 is 10.5 Å². The van der Waals surface area contributed by atoms with Gasteiger partial charge in [-0.15, -0.1) is 0 Å². The standard InChI is InChI=1S/C13H17BrN2O/c1-10-7-12(14)8-11(9-16)13(10)17-6-4-2-3-5-15/h7-8H,2-4,6,9,16H2,1H3. The predicted octanol–water partition coefficient (Wildman–Crippen LogP) is 3.29. The lowest BCUT2D eigenvalue weighted by atomic mass is 10.1. The summed E-state index contributed by atoms with van der Waals surface area (Å²) in [6, 6.07) is 6.13. The van der Waals surface area contributed by atoms with Crippen LogP contribution in [0, 0.1) is 18.3 Å². The Bertz CT molecular complexity index is 413. The van der Waals surface area contributed by atoms with Gasteiger partial charge in [-0.2, -0.15) is 5.26 Å². The highest BCUT2D eigenvalue weighted by atomic mass is 79.9. The lowest BCUT2D eigenvalue weighted by molar-refractivity contribution is 0.302. The van der Waals surface area contributed by atoms with Crippen LogP contribution in [-0.2, 0) is 6.54 Å². The molecular formula is C13H17BrN2O. The average Bonchev–Trinajstić information content (AvgIpc) is 2.30. The lowest BCUT2D eigenvalue weighted by Gasteiger charge is -2.13. The van der Waals surface area contributed by atoms with E-state index < -0.39 is 0 Å². The quantitative estimate of drug-likeness (QED) is 0.820. The van der Waals surface area contributed by atoms with Crippen molar-refractivity contribution in [2.24, 2.45) is 5.73 Å². The monoisotopic (exact) mass is 296 g/mol. The van der Waals surface area contributed by atoms with Crippen molar-refractivity contribution in [3.8, 4) is 11.8 Å². The summed E-state index contributed by atoms with van der Waals surface area (Å²) in [5.41, 5.74) is 7.79. The molecule has 92 valence electrons. The maximum atomic E-state index is 8.43. The van der Waals surface area contributed by atoms with Crippen LogP contribution in [0.3, 0.4) is 0 Å². The van der Waals surface area contributed by atoms with Crippen LogP contribution in [0.2, 0.25) is 0 Å². The summed E-state index contributed by atoms with van der Waals surface area (Å²) in [5, 5.41) is 8.43. The van der Waals surface area contributed by atoms with Crippen molar-refractivity contribution in [3.63, 3.8) is 0 Å². The van der Waals surface area contributed by atoms with Gasteiger partial charge in [0.05, 0.1) is 12.7 Å². The molecule has 0 heterocycles. The maximum absolute atomic E-state index is 8.43. The summed E-state index contributed by atoms with van der Waals surface area (Å²) in [5.74, 6) is 0.882. The van der Waals surface area contributed by atoms with Gasteiger partial charge in [-0.25, -0.2) is 0 Å². The first kappa shape index (κ1) is 14.0. The third-order valence-corrected chi connectivity index (χ3v) is 2.92. The fraction of sp³-hybridized carbons (Fsp3) is 0.462. The van der Waals surface area contributed by atoms with Crippen LogP contribution in [0.5, 0.6) is 5.75 Å². The number of aryl methyl sites for hydroxylation is 1. The van der Waals surface area contributed by atoms with E-state index in [-0.39, 0.29) is 0 Å². The van der Waals surface area contributed by atoms with Crippen LogP contribution in [0.15, 0.2) is 16.6 Å². The normalized spacial score (nSPS) is 10.0. The van der Waals surface area contributed by atoms with Gasteiger partial charge < -0.3 is 10.5 Å². The zero-order valence-corrected chi connectivity index (χ0v) is 11.6. The number of nitrogens with two attached hydrogens (primary N) is 1. The van der Waals surface area contributed by atoms with Crippen LogP contribution in [0.25, 0.3) is 0 Å². The second kappa shape index (κ2) is 7.31. The largest absolute Gasteiger partial charge is 0.493 e. The van der Waals surface area contributed by atoms with E-state index >= 15 is 0 Å². The van der Waals surface area contributed by atoms with Gasteiger partial charge in [0.15, 0.2) is 0 Å². The van der Waals surface area contributed by atoms with Crippen molar-refractivity contribution >= 4 is 15.9 Å². The molecule has 0 spiro atoms. The van der Waals surface area contributed by atoms with Crippen molar-refractivity contribution < 1.29 is 4.74 Å². The van der Waals surface area contributed by atoms with E-state index in [0.29, 0.717) is 19.6 Å². The van der Waals surface area contributed by atoms with Crippen molar-refractivity contribution in [1.29, 1.82) is 5.26 Å². The number of hydrogen-bond acceptors (Lipinski definition) is 3. The van der Waals surface area contributed by atoms with Crippen LogP contribution in [0.4, 0.5) is 0 Å². The smallest absolute Gasteiger partial charge is 0.126 e. The molecule has 3 nitrogen and oxygen atoms in total. The van der Waals surface area contributed by atoms with Gasteiger partial charge in [-0.05, 0) is 37.5 Å². The minimum Gasteiger partial charge on any atom is -0.493 e. The molecule has 0 amide bonds. The molecule has 0 aliphatic heterocycles. The fourth-order valence-corrected chi connectivity index (χ4v) is 2.26. The summed E-state index contributed by atoms with van der Waals surface area (Å²) in [4.78, 5) is 0. The SMILES string of the molecule is Cc1cc(Br)cc(CN)c1OCCCCC#N. The Morgan fingerprint density at radius 3 is 2.82 bits per heavy atom. The first-order valence-electron chi connectivity index (χ1n) is 5.68. The molecule has 2 N–H and O–H groups in total. The summed E-state index contributed by atoms with van der Waals surface area (Å²) in [7, 11) is 0. The van der Waals surface area contributed by atoms with Gasteiger partial charge in [0.25, 0.3) is 0 Å². The maximum Gasteiger partial charge on any atom is 0.126 e. The number of rotatable bonds is 6. The second-order valence-electron chi connectivity index (χ2n) is 3.88. The number of nitriles is 1. The molecule has 1 aromatic rings. The number of halogens is 1. The van der Waals surface area contributed by atoms with Gasteiger partial charge in [-0.1, -0.05) is 15.9 Å². The highest BCUT2D eigenvalue weighted by molar-refractivity contribution is 9.10. The summed E-state index contributed by atoms with van der Waals surface area (Å²) < 4.78 is 6.77.